The Morgan fingerprint density at radius 3 is 2.73 bits per heavy atom. The van der Waals surface area contributed by atoms with Crippen molar-refractivity contribution in [1.82, 2.24) is 9.38 Å². The molecule has 0 N–H and O–H groups in total. The molecule has 0 unspecified atom stereocenters. The van der Waals surface area contributed by atoms with Crippen LogP contribution in [0.2, 0.25) is 0 Å². The van der Waals surface area contributed by atoms with Crippen molar-refractivity contribution < 1.29 is 4.57 Å². The maximum Gasteiger partial charge on any atom is 0.294 e. The molecule has 0 saturated heterocycles. The van der Waals surface area contributed by atoms with Gasteiger partial charge in [0.05, 0.1) is 12.6 Å². The number of nitrogens with zero attached hydrogens (tertiary/aromatic N) is 3. The summed E-state index contributed by atoms with van der Waals surface area (Å²) >= 11 is 0. The minimum absolute atomic E-state index is 0.980. The molecule has 4 aromatic rings. The molecule has 1 aromatic carbocycles. The molecule has 3 heteroatoms. The van der Waals surface area contributed by atoms with Crippen molar-refractivity contribution in [2.24, 2.45) is 7.05 Å². The molecule has 0 amide bonds. The lowest BCUT2D eigenvalue weighted by atomic mass is 9.96. The number of aromatic nitrogens is 3. The summed E-state index contributed by atoms with van der Waals surface area (Å²) in [7, 11) is 2.11. The van der Waals surface area contributed by atoms with Crippen molar-refractivity contribution in [2.75, 3.05) is 0 Å². The van der Waals surface area contributed by atoms with E-state index < -0.39 is 0 Å². The molecule has 0 saturated carbocycles. The van der Waals surface area contributed by atoms with Gasteiger partial charge in [-0.3, -0.25) is 4.98 Å². The number of benzene rings is 1. The quantitative estimate of drug-likeness (QED) is 0.517. The van der Waals surface area contributed by atoms with Gasteiger partial charge in [0.2, 0.25) is 0 Å². The molecule has 22 heavy (non-hydrogen) atoms. The van der Waals surface area contributed by atoms with E-state index in [0.717, 1.165) is 6.42 Å². The lowest BCUT2D eigenvalue weighted by Gasteiger charge is -2.11. The van der Waals surface area contributed by atoms with E-state index >= 15 is 0 Å². The molecule has 0 spiro atoms. The highest BCUT2D eigenvalue weighted by Crippen LogP contribution is 2.33. The maximum absolute atomic E-state index is 4.35. The van der Waals surface area contributed by atoms with Gasteiger partial charge >= 0.3 is 0 Å². The smallest absolute Gasteiger partial charge is 0.264 e. The molecule has 108 valence electrons. The van der Waals surface area contributed by atoms with E-state index in [1.54, 1.807) is 0 Å². The predicted octanol–water partition coefficient (Wildman–Crippen LogP) is 3.54. The average molecular weight is 288 g/mol. The Hall–Kier alpha value is -2.68. The molecular formula is C19H18N3+. The zero-order valence-electron chi connectivity index (χ0n) is 12.8. The van der Waals surface area contributed by atoms with Crippen LogP contribution in [0.15, 0.2) is 61.2 Å². The predicted molar refractivity (Wildman–Crippen MR) is 88.7 cm³/mol. The monoisotopic (exact) mass is 288 g/mol. The Kier molecular flexibility index (Phi) is 2.93. The Morgan fingerprint density at radius 1 is 1.14 bits per heavy atom. The summed E-state index contributed by atoms with van der Waals surface area (Å²) in [5, 5.41) is 1.23. The molecule has 0 bridgehead atoms. The van der Waals surface area contributed by atoms with Crippen molar-refractivity contribution in [3.63, 3.8) is 0 Å². The number of pyridine rings is 2. The molecule has 3 heterocycles. The number of aryl methyl sites for hydroxylation is 2. The van der Waals surface area contributed by atoms with Gasteiger partial charge in [-0.15, -0.1) is 0 Å². The van der Waals surface area contributed by atoms with E-state index in [1.807, 2.05) is 12.4 Å². The van der Waals surface area contributed by atoms with E-state index in [9.17, 15) is 0 Å². The van der Waals surface area contributed by atoms with Crippen LogP contribution in [0, 0.1) is 0 Å². The highest BCUT2D eigenvalue weighted by molar-refractivity contribution is 5.94. The van der Waals surface area contributed by atoms with E-state index in [4.69, 9.17) is 0 Å². The van der Waals surface area contributed by atoms with Crippen molar-refractivity contribution in [2.45, 2.75) is 13.3 Å². The zero-order chi connectivity index (χ0) is 15.1. The third-order valence-electron chi connectivity index (χ3n) is 4.33. The summed E-state index contributed by atoms with van der Waals surface area (Å²) in [6.07, 6.45) is 9.07. The molecule has 0 aliphatic carbocycles. The van der Waals surface area contributed by atoms with Crippen molar-refractivity contribution in [3.8, 4) is 11.1 Å². The zero-order valence-corrected chi connectivity index (χ0v) is 12.8. The van der Waals surface area contributed by atoms with E-state index in [0.29, 0.717) is 0 Å². The molecule has 3 aromatic heterocycles. The largest absolute Gasteiger partial charge is 0.294 e. The van der Waals surface area contributed by atoms with Crippen molar-refractivity contribution in [1.29, 1.82) is 0 Å². The summed E-state index contributed by atoms with van der Waals surface area (Å²) in [5.41, 5.74) is 6.35. The third kappa shape index (κ3) is 1.75. The normalized spacial score (nSPS) is 11.4. The Labute approximate surface area is 129 Å². The summed E-state index contributed by atoms with van der Waals surface area (Å²) in [5.74, 6) is 0. The SMILES string of the molecule is CCc1c(-c2ccccc2)c2n(cc[n+]2C)c2ccncc12. The number of imidazole rings is 1. The molecule has 0 radical (unpaired) electrons. The lowest BCUT2D eigenvalue weighted by molar-refractivity contribution is -0.644. The average Bonchev–Trinajstić information content (AvgIpc) is 2.96. The highest BCUT2D eigenvalue weighted by atomic mass is 15.1. The number of rotatable bonds is 2. The van der Waals surface area contributed by atoms with Crippen LogP contribution in [0.3, 0.4) is 0 Å². The Morgan fingerprint density at radius 2 is 1.95 bits per heavy atom. The summed E-state index contributed by atoms with van der Waals surface area (Å²) in [6.45, 7) is 2.22. The van der Waals surface area contributed by atoms with Crippen LogP contribution in [0.25, 0.3) is 27.7 Å². The van der Waals surface area contributed by atoms with Crippen LogP contribution >= 0.6 is 0 Å². The first kappa shape index (κ1) is 13.0. The molecule has 0 atom stereocenters. The minimum Gasteiger partial charge on any atom is -0.264 e. The second-order valence-electron chi connectivity index (χ2n) is 5.57. The lowest BCUT2D eigenvalue weighted by Crippen LogP contribution is -2.26. The van der Waals surface area contributed by atoms with Crippen molar-refractivity contribution in [3.05, 3.63) is 66.7 Å². The van der Waals surface area contributed by atoms with Gasteiger partial charge < -0.3 is 0 Å². The van der Waals surface area contributed by atoms with Gasteiger partial charge in [-0.1, -0.05) is 37.3 Å². The first-order chi connectivity index (χ1) is 10.8. The van der Waals surface area contributed by atoms with Gasteiger partial charge in [-0.05, 0) is 17.5 Å². The van der Waals surface area contributed by atoms with Gasteiger partial charge in [-0.25, -0.2) is 4.57 Å². The summed E-state index contributed by atoms with van der Waals surface area (Å²) < 4.78 is 4.46. The number of hydrogen-bond acceptors (Lipinski definition) is 1. The summed E-state index contributed by atoms with van der Waals surface area (Å²) in [4.78, 5) is 4.35. The van der Waals surface area contributed by atoms with Crippen LogP contribution in [-0.2, 0) is 13.5 Å². The van der Waals surface area contributed by atoms with Gasteiger partial charge in [0, 0.05) is 23.8 Å². The fourth-order valence-corrected chi connectivity index (χ4v) is 3.34. The molecule has 3 nitrogen and oxygen atoms in total. The van der Waals surface area contributed by atoms with Crippen LogP contribution in [0.1, 0.15) is 12.5 Å². The van der Waals surface area contributed by atoms with Gasteiger partial charge in [0.1, 0.15) is 17.9 Å². The van der Waals surface area contributed by atoms with Crippen molar-refractivity contribution >= 4 is 16.6 Å². The van der Waals surface area contributed by atoms with Crippen LogP contribution in [0.5, 0.6) is 0 Å². The second-order valence-corrected chi connectivity index (χ2v) is 5.57. The first-order valence-electron chi connectivity index (χ1n) is 7.62. The van der Waals surface area contributed by atoms with Crippen LogP contribution in [-0.4, -0.2) is 9.38 Å². The standard InChI is InChI=1S/C19H18N3/c1-3-15-16-13-20-10-9-17(16)22-12-11-21(2)19(22)18(15)14-7-5-4-6-8-14/h4-13H,3H2,1-2H3/q+1. The van der Waals surface area contributed by atoms with Gasteiger partial charge in [0.25, 0.3) is 5.65 Å². The molecular weight excluding hydrogens is 270 g/mol. The minimum atomic E-state index is 0.980. The first-order valence-corrected chi connectivity index (χ1v) is 7.62. The molecule has 0 aliphatic rings. The summed E-state index contributed by atoms with van der Waals surface area (Å²) in [6, 6.07) is 12.7. The topological polar surface area (TPSA) is 21.2 Å². The Balaban J connectivity index is 2.28. The molecule has 4 rings (SSSR count). The van der Waals surface area contributed by atoms with Crippen LogP contribution in [0.4, 0.5) is 0 Å². The van der Waals surface area contributed by atoms with Crippen LogP contribution < -0.4 is 4.57 Å². The molecule has 0 fully saturated rings. The second kappa shape index (κ2) is 4.95. The highest BCUT2D eigenvalue weighted by Gasteiger charge is 2.22. The number of fused-ring (bicyclic) bond motifs is 3. The van der Waals surface area contributed by atoms with E-state index in [2.05, 4.69) is 76.7 Å². The fourth-order valence-electron chi connectivity index (χ4n) is 3.34. The number of hydrogen-bond donors (Lipinski definition) is 0. The third-order valence-corrected chi connectivity index (χ3v) is 4.33. The van der Waals surface area contributed by atoms with E-state index in [1.165, 1.54) is 33.2 Å². The molecule has 0 aliphatic heterocycles. The Bertz CT molecular complexity index is 968. The van der Waals surface area contributed by atoms with Gasteiger partial charge in [0.15, 0.2) is 0 Å². The van der Waals surface area contributed by atoms with E-state index in [-0.39, 0.29) is 0 Å². The maximum atomic E-state index is 4.35. The fraction of sp³-hybridized carbons (Fsp3) is 0.158. The van der Waals surface area contributed by atoms with Gasteiger partial charge in [-0.2, -0.15) is 4.40 Å².